The van der Waals surface area contributed by atoms with Crippen LogP contribution in [0.1, 0.15) is 42.4 Å². The van der Waals surface area contributed by atoms with Crippen molar-refractivity contribution in [1.82, 2.24) is 5.32 Å². The molecule has 3 heteroatoms. The van der Waals surface area contributed by atoms with Crippen LogP contribution in [-0.4, -0.2) is 19.1 Å². The average Bonchev–Trinajstić information content (AvgIpc) is 2.45. The molecule has 1 amide bonds. The van der Waals surface area contributed by atoms with Crippen LogP contribution in [0.4, 0.5) is 4.39 Å². The predicted molar refractivity (Wildman–Crippen MR) is 75.0 cm³/mol. The molecule has 0 fully saturated rings. The molecule has 0 heterocycles. The van der Waals surface area contributed by atoms with E-state index in [1.54, 1.807) is 0 Å². The highest BCUT2D eigenvalue weighted by molar-refractivity contribution is 5.75. The van der Waals surface area contributed by atoms with E-state index >= 15 is 0 Å². The lowest BCUT2D eigenvalue weighted by molar-refractivity contribution is -0.121. The molecular weight excluding hydrogens is 241 g/mol. The van der Waals surface area contributed by atoms with Crippen LogP contribution in [0.5, 0.6) is 0 Å². The highest BCUT2D eigenvalue weighted by Gasteiger charge is 2.09. The van der Waals surface area contributed by atoms with Gasteiger partial charge in [0.25, 0.3) is 0 Å². The van der Waals surface area contributed by atoms with Crippen molar-refractivity contribution in [2.45, 2.75) is 44.9 Å². The molecule has 0 aromatic heterocycles. The molecule has 0 aliphatic heterocycles. The number of carbonyl (C=O) groups excluding carboxylic acids is 1. The zero-order valence-electron chi connectivity index (χ0n) is 11.4. The number of carbonyl (C=O) groups is 1. The van der Waals surface area contributed by atoms with Gasteiger partial charge in [-0.2, -0.15) is 0 Å². The van der Waals surface area contributed by atoms with Gasteiger partial charge >= 0.3 is 0 Å². The number of alkyl halides is 1. The van der Waals surface area contributed by atoms with E-state index in [4.69, 9.17) is 0 Å². The Bertz CT molecular complexity index is 431. The lowest BCUT2D eigenvalue weighted by Gasteiger charge is -2.16. The fourth-order valence-electron chi connectivity index (χ4n) is 2.67. The summed E-state index contributed by atoms with van der Waals surface area (Å²) in [6.45, 7) is -0.353. The zero-order valence-corrected chi connectivity index (χ0v) is 11.4. The van der Waals surface area contributed by atoms with Crippen LogP contribution in [-0.2, 0) is 24.1 Å². The van der Waals surface area contributed by atoms with Crippen molar-refractivity contribution in [2.75, 3.05) is 13.2 Å². The van der Waals surface area contributed by atoms with Crippen molar-refractivity contribution in [3.8, 4) is 0 Å². The van der Waals surface area contributed by atoms with Crippen molar-refractivity contribution in [2.24, 2.45) is 0 Å². The van der Waals surface area contributed by atoms with Gasteiger partial charge in [0.1, 0.15) is 6.67 Å². The fraction of sp³-hybridized carbons (Fsp3) is 0.562. The second-order valence-corrected chi connectivity index (χ2v) is 5.20. The lowest BCUT2D eigenvalue weighted by atomic mass is 9.89. The Hall–Kier alpha value is -1.38. The summed E-state index contributed by atoms with van der Waals surface area (Å²) < 4.78 is 11.9. The second-order valence-electron chi connectivity index (χ2n) is 5.20. The molecule has 0 saturated carbocycles. The van der Waals surface area contributed by atoms with Crippen LogP contribution in [0.25, 0.3) is 0 Å². The van der Waals surface area contributed by atoms with Gasteiger partial charge in [0.2, 0.25) is 5.91 Å². The molecule has 0 bridgehead atoms. The van der Waals surface area contributed by atoms with Crippen LogP contribution in [0, 0.1) is 0 Å². The molecule has 2 rings (SSSR count). The third-order valence-corrected chi connectivity index (χ3v) is 3.70. The van der Waals surface area contributed by atoms with Crippen LogP contribution in [0.15, 0.2) is 18.2 Å². The Balaban J connectivity index is 1.78. The highest BCUT2D eigenvalue weighted by Crippen LogP contribution is 2.22. The molecule has 1 aromatic rings. The minimum Gasteiger partial charge on any atom is -0.353 e. The first-order valence-electron chi connectivity index (χ1n) is 7.23. The van der Waals surface area contributed by atoms with E-state index in [0.717, 1.165) is 12.8 Å². The van der Waals surface area contributed by atoms with Crippen LogP contribution in [0.3, 0.4) is 0 Å². The summed E-state index contributed by atoms with van der Waals surface area (Å²) in [6, 6.07) is 6.73. The Kier molecular flexibility index (Phi) is 5.37. The number of hydrogen-bond acceptors (Lipinski definition) is 1. The molecule has 1 aliphatic rings. The van der Waals surface area contributed by atoms with Gasteiger partial charge in [0.05, 0.1) is 0 Å². The van der Waals surface area contributed by atoms with Gasteiger partial charge in [-0.25, -0.2) is 4.39 Å². The van der Waals surface area contributed by atoms with E-state index in [-0.39, 0.29) is 12.5 Å². The smallest absolute Gasteiger partial charge is 0.220 e. The first-order valence-corrected chi connectivity index (χ1v) is 7.23. The second kappa shape index (κ2) is 7.27. The summed E-state index contributed by atoms with van der Waals surface area (Å²) in [5, 5.41) is 2.55. The molecule has 0 unspecified atom stereocenters. The van der Waals surface area contributed by atoms with Crippen molar-refractivity contribution in [3.63, 3.8) is 0 Å². The largest absolute Gasteiger partial charge is 0.353 e. The number of halogens is 1. The van der Waals surface area contributed by atoms with Crippen LogP contribution in [0.2, 0.25) is 0 Å². The van der Waals surface area contributed by atoms with Crippen LogP contribution >= 0.6 is 0 Å². The minimum absolute atomic E-state index is 0.0457. The molecule has 19 heavy (non-hydrogen) atoms. The quantitative estimate of drug-likeness (QED) is 0.840. The van der Waals surface area contributed by atoms with Crippen molar-refractivity contribution >= 4 is 5.91 Å². The Morgan fingerprint density at radius 2 is 2.00 bits per heavy atom. The normalized spacial score (nSPS) is 13.9. The highest BCUT2D eigenvalue weighted by atomic mass is 19.1. The van der Waals surface area contributed by atoms with Gasteiger partial charge in [0.15, 0.2) is 0 Å². The van der Waals surface area contributed by atoms with E-state index in [1.165, 1.54) is 42.4 Å². The lowest BCUT2D eigenvalue weighted by Crippen LogP contribution is -2.25. The summed E-state index contributed by atoms with van der Waals surface area (Å²) >= 11 is 0. The summed E-state index contributed by atoms with van der Waals surface area (Å²) in [6.07, 6.45) is 7.24. The molecule has 104 valence electrons. The molecule has 0 spiro atoms. The third kappa shape index (κ3) is 4.34. The molecule has 0 atom stereocenters. The van der Waals surface area contributed by atoms with Gasteiger partial charge in [-0.05, 0) is 55.2 Å². The molecule has 2 nitrogen and oxygen atoms in total. The standard InChI is InChI=1S/C16H22FNO/c17-10-11-18-16(19)7-3-4-13-8-9-14-5-1-2-6-15(14)12-13/h8-9,12H,1-7,10-11H2,(H,18,19). The van der Waals surface area contributed by atoms with E-state index in [2.05, 4.69) is 23.5 Å². The number of hydrogen-bond donors (Lipinski definition) is 1. The van der Waals surface area contributed by atoms with Gasteiger partial charge in [-0.15, -0.1) is 0 Å². The number of fused-ring (bicyclic) bond motifs is 1. The van der Waals surface area contributed by atoms with Crippen LogP contribution < -0.4 is 5.32 Å². The van der Waals surface area contributed by atoms with E-state index in [9.17, 15) is 9.18 Å². The van der Waals surface area contributed by atoms with E-state index < -0.39 is 6.67 Å². The number of amides is 1. The Labute approximate surface area is 114 Å². The summed E-state index contributed by atoms with van der Waals surface area (Å²) in [4.78, 5) is 11.3. The molecule has 0 radical (unpaired) electrons. The maximum absolute atomic E-state index is 11.9. The first-order chi connectivity index (χ1) is 9.29. The summed E-state index contributed by atoms with van der Waals surface area (Å²) in [7, 11) is 0. The zero-order chi connectivity index (χ0) is 13.5. The monoisotopic (exact) mass is 263 g/mol. The van der Waals surface area contributed by atoms with Gasteiger partial charge < -0.3 is 5.32 Å². The summed E-state index contributed by atoms with van der Waals surface area (Å²) in [5.74, 6) is -0.0457. The topological polar surface area (TPSA) is 29.1 Å². The third-order valence-electron chi connectivity index (χ3n) is 3.70. The van der Waals surface area contributed by atoms with Crippen molar-refractivity contribution in [3.05, 3.63) is 34.9 Å². The molecule has 1 aromatic carbocycles. The number of rotatable bonds is 6. The van der Waals surface area contributed by atoms with Gasteiger partial charge in [0, 0.05) is 13.0 Å². The number of nitrogens with one attached hydrogen (secondary N) is 1. The predicted octanol–water partition coefficient (Wildman–Crippen LogP) is 2.97. The van der Waals surface area contributed by atoms with Crippen molar-refractivity contribution in [1.29, 1.82) is 0 Å². The molecular formula is C16H22FNO. The molecule has 0 saturated heterocycles. The molecule has 1 N–H and O–H groups in total. The Morgan fingerprint density at radius 1 is 1.21 bits per heavy atom. The van der Waals surface area contributed by atoms with Crippen molar-refractivity contribution < 1.29 is 9.18 Å². The maximum Gasteiger partial charge on any atom is 0.220 e. The molecule has 1 aliphatic carbocycles. The average molecular weight is 263 g/mol. The first kappa shape index (κ1) is 14.0. The Morgan fingerprint density at radius 3 is 2.79 bits per heavy atom. The van der Waals surface area contributed by atoms with Gasteiger partial charge in [-0.1, -0.05) is 18.2 Å². The fourth-order valence-corrected chi connectivity index (χ4v) is 2.67. The number of benzene rings is 1. The SMILES string of the molecule is O=C(CCCc1ccc2c(c1)CCCC2)NCCF. The minimum atomic E-state index is -0.490. The number of aryl methyl sites for hydroxylation is 3. The van der Waals surface area contributed by atoms with E-state index in [0.29, 0.717) is 6.42 Å². The van der Waals surface area contributed by atoms with Gasteiger partial charge in [-0.3, -0.25) is 4.79 Å². The maximum atomic E-state index is 11.9. The van der Waals surface area contributed by atoms with E-state index in [1.807, 2.05) is 0 Å². The summed E-state index contributed by atoms with van der Waals surface area (Å²) in [5.41, 5.74) is 4.31.